The molecule has 0 aliphatic rings. The number of rotatable bonds is 3. The Morgan fingerprint density at radius 3 is 2.40 bits per heavy atom. The molecule has 1 aromatic rings. The first-order valence-electron chi connectivity index (χ1n) is 4.93. The van der Waals surface area contributed by atoms with Crippen LogP contribution in [0.15, 0.2) is 15.5 Å². The van der Waals surface area contributed by atoms with Gasteiger partial charge in [-0.05, 0) is 73.5 Å². The Hall–Kier alpha value is 0.210. The summed E-state index contributed by atoms with van der Waals surface area (Å²) in [6.45, 7) is 4.28. The molecule has 0 saturated heterocycles. The molecular formula is C12H13Br2Cl. The first kappa shape index (κ1) is 13.3. The largest absolute Gasteiger partial charge is 0.0840 e. The summed E-state index contributed by atoms with van der Waals surface area (Å²) in [6.07, 6.45) is 4.04. The van der Waals surface area contributed by atoms with Gasteiger partial charge in [-0.25, -0.2) is 0 Å². The highest BCUT2D eigenvalue weighted by molar-refractivity contribution is 9.28. The summed E-state index contributed by atoms with van der Waals surface area (Å²) < 4.78 is 0.946. The van der Waals surface area contributed by atoms with Crippen molar-refractivity contribution in [3.8, 4) is 0 Å². The molecule has 0 spiro atoms. The van der Waals surface area contributed by atoms with Gasteiger partial charge in [0.2, 0.25) is 0 Å². The van der Waals surface area contributed by atoms with Crippen molar-refractivity contribution in [1.29, 1.82) is 0 Å². The van der Waals surface area contributed by atoms with Crippen molar-refractivity contribution in [2.45, 2.75) is 26.7 Å². The summed E-state index contributed by atoms with van der Waals surface area (Å²) in [5.41, 5.74) is 3.77. The van der Waals surface area contributed by atoms with Crippen LogP contribution in [0, 0.1) is 0 Å². The van der Waals surface area contributed by atoms with Crippen LogP contribution in [0.3, 0.4) is 0 Å². The molecular weight excluding hydrogens is 339 g/mol. The lowest BCUT2D eigenvalue weighted by Gasteiger charge is -2.11. The highest BCUT2D eigenvalue weighted by Gasteiger charge is 2.08. The highest BCUT2D eigenvalue weighted by atomic mass is 79.9. The second kappa shape index (κ2) is 6.07. The van der Waals surface area contributed by atoms with E-state index in [4.69, 9.17) is 11.6 Å². The maximum absolute atomic E-state index is 6.18. The molecule has 0 nitrogen and oxygen atoms in total. The smallest absolute Gasteiger partial charge is 0.0610 e. The number of aryl methyl sites for hydroxylation is 1. The van der Waals surface area contributed by atoms with Crippen molar-refractivity contribution < 1.29 is 0 Å². The predicted molar refractivity (Wildman–Crippen MR) is 76.0 cm³/mol. The van der Waals surface area contributed by atoms with Crippen LogP contribution in [0.5, 0.6) is 0 Å². The van der Waals surface area contributed by atoms with Gasteiger partial charge in [0.25, 0.3) is 0 Å². The van der Waals surface area contributed by atoms with Gasteiger partial charge in [-0.3, -0.25) is 0 Å². The molecule has 0 fully saturated rings. The summed E-state index contributed by atoms with van der Waals surface area (Å²) in [4.78, 5) is 0. The van der Waals surface area contributed by atoms with Crippen molar-refractivity contribution in [1.82, 2.24) is 0 Å². The predicted octanol–water partition coefficient (Wildman–Crippen LogP) is 5.55. The molecule has 0 aromatic heterocycles. The van der Waals surface area contributed by atoms with Crippen molar-refractivity contribution in [2.24, 2.45) is 0 Å². The zero-order valence-corrected chi connectivity index (χ0v) is 12.7. The summed E-state index contributed by atoms with van der Waals surface area (Å²) in [5.74, 6) is 0. The average Bonchev–Trinajstić information content (AvgIpc) is 2.18. The number of hydrogen-bond donors (Lipinski definition) is 0. The molecule has 0 N–H and O–H groups in total. The van der Waals surface area contributed by atoms with Crippen LogP contribution in [-0.4, -0.2) is 0 Å². The van der Waals surface area contributed by atoms with Gasteiger partial charge >= 0.3 is 0 Å². The standard InChI is InChI=1S/C12H13Br2Cl/c1-3-8-5-6-11(15)9(4-2)10(8)7-12(13)14/h5-7H,3-4H2,1-2H3. The van der Waals surface area contributed by atoms with Crippen molar-refractivity contribution in [3.63, 3.8) is 0 Å². The van der Waals surface area contributed by atoms with E-state index >= 15 is 0 Å². The lowest BCUT2D eigenvalue weighted by Crippen LogP contribution is -1.94. The lowest BCUT2D eigenvalue weighted by atomic mass is 9.97. The van der Waals surface area contributed by atoms with Crippen molar-refractivity contribution >= 4 is 49.5 Å². The van der Waals surface area contributed by atoms with Crippen molar-refractivity contribution in [3.05, 3.63) is 37.2 Å². The van der Waals surface area contributed by atoms with E-state index in [2.05, 4.69) is 57.8 Å². The molecule has 0 bridgehead atoms. The van der Waals surface area contributed by atoms with Gasteiger partial charge in [0, 0.05) is 5.02 Å². The fourth-order valence-corrected chi connectivity index (χ4v) is 2.40. The first-order chi connectivity index (χ1) is 7.10. The van der Waals surface area contributed by atoms with Gasteiger partial charge in [0.05, 0.1) is 3.39 Å². The third-order valence-corrected chi connectivity index (χ3v) is 3.19. The number of halogens is 3. The molecule has 0 aliphatic heterocycles. The Balaban J connectivity index is 3.40. The van der Waals surface area contributed by atoms with Crippen LogP contribution >= 0.6 is 43.5 Å². The third kappa shape index (κ3) is 3.33. The molecule has 1 rings (SSSR count). The SMILES string of the molecule is CCc1ccc(Cl)c(CC)c1C=C(Br)Br. The fourth-order valence-electron chi connectivity index (χ4n) is 1.64. The molecule has 0 saturated carbocycles. The molecule has 15 heavy (non-hydrogen) atoms. The van der Waals surface area contributed by atoms with Gasteiger partial charge in [-0.1, -0.05) is 31.5 Å². The van der Waals surface area contributed by atoms with Crippen molar-refractivity contribution in [2.75, 3.05) is 0 Å². The maximum Gasteiger partial charge on any atom is 0.0610 e. The molecule has 82 valence electrons. The molecule has 0 atom stereocenters. The zero-order chi connectivity index (χ0) is 11.4. The molecule has 0 heterocycles. The van der Waals surface area contributed by atoms with Crippen LogP contribution < -0.4 is 0 Å². The molecule has 1 aromatic carbocycles. The Kier molecular flexibility index (Phi) is 5.37. The normalized spacial score (nSPS) is 10.2. The molecule has 3 heteroatoms. The number of hydrogen-bond acceptors (Lipinski definition) is 0. The van der Waals surface area contributed by atoms with E-state index in [0.717, 1.165) is 21.3 Å². The van der Waals surface area contributed by atoms with Gasteiger partial charge < -0.3 is 0 Å². The summed E-state index contributed by atoms with van der Waals surface area (Å²) in [5, 5.41) is 0.849. The van der Waals surface area contributed by atoms with E-state index in [9.17, 15) is 0 Å². The minimum absolute atomic E-state index is 0.849. The van der Waals surface area contributed by atoms with Crippen LogP contribution in [0.2, 0.25) is 5.02 Å². The van der Waals surface area contributed by atoms with E-state index < -0.39 is 0 Å². The van der Waals surface area contributed by atoms with E-state index in [0.29, 0.717) is 0 Å². The molecule has 0 aliphatic carbocycles. The lowest BCUT2D eigenvalue weighted by molar-refractivity contribution is 1.08. The van der Waals surface area contributed by atoms with E-state index in [1.165, 1.54) is 16.7 Å². The maximum atomic E-state index is 6.18. The Bertz CT molecular complexity index is 379. The van der Waals surface area contributed by atoms with Gasteiger partial charge in [-0.15, -0.1) is 0 Å². The average molecular weight is 352 g/mol. The van der Waals surface area contributed by atoms with Gasteiger partial charge in [0.1, 0.15) is 0 Å². The van der Waals surface area contributed by atoms with E-state index in [1.54, 1.807) is 0 Å². The second-order valence-corrected chi connectivity index (χ2v) is 6.42. The Morgan fingerprint density at radius 2 is 1.93 bits per heavy atom. The third-order valence-electron chi connectivity index (χ3n) is 2.38. The van der Waals surface area contributed by atoms with Crippen LogP contribution in [0.4, 0.5) is 0 Å². The summed E-state index contributed by atoms with van der Waals surface area (Å²) in [7, 11) is 0. The number of benzene rings is 1. The van der Waals surface area contributed by atoms with Crippen LogP contribution in [0.1, 0.15) is 30.5 Å². The second-order valence-electron chi connectivity index (χ2n) is 3.24. The summed E-state index contributed by atoms with van der Waals surface area (Å²) >= 11 is 13.0. The minimum Gasteiger partial charge on any atom is -0.0840 e. The highest BCUT2D eigenvalue weighted by Crippen LogP contribution is 2.29. The van der Waals surface area contributed by atoms with Gasteiger partial charge in [0.15, 0.2) is 0 Å². The topological polar surface area (TPSA) is 0 Å². The molecule has 0 radical (unpaired) electrons. The first-order valence-corrected chi connectivity index (χ1v) is 6.89. The minimum atomic E-state index is 0.849. The molecule has 0 amide bonds. The summed E-state index contributed by atoms with van der Waals surface area (Å²) in [6, 6.07) is 4.08. The van der Waals surface area contributed by atoms with Crippen LogP contribution in [-0.2, 0) is 12.8 Å². The van der Waals surface area contributed by atoms with Gasteiger partial charge in [-0.2, -0.15) is 0 Å². The van der Waals surface area contributed by atoms with Crippen LogP contribution in [0.25, 0.3) is 6.08 Å². The van der Waals surface area contributed by atoms with E-state index in [-0.39, 0.29) is 0 Å². The van der Waals surface area contributed by atoms with E-state index in [1.807, 2.05) is 6.07 Å². The zero-order valence-electron chi connectivity index (χ0n) is 8.78. The molecule has 0 unspecified atom stereocenters. The monoisotopic (exact) mass is 350 g/mol. The Labute approximate surface area is 113 Å². The fraction of sp³-hybridized carbons (Fsp3) is 0.333. The Morgan fingerprint density at radius 1 is 1.27 bits per heavy atom. The quantitative estimate of drug-likeness (QED) is 0.669.